The van der Waals surface area contributed by atoms with Crippen LogP contribution in [0.15, 0.2) is 40.4 Å². The smallest absolute Gasteiger partial charge is 0.326 e. The lowest BCUT2D eigenvalue weighted by Crippen LogP contribution is -2.37. The van der Waals surface area contributed by atoms with E-state index in [1.54, 1.807) is 6.07 Å². The van der Waals surface area contributed by atoms with E-state index in [-0.39, 0.29) is 17.6 Å². The molecule has 0 spiro atoms. The Balaban J connectivity index is 1.18. The summed E-state index contributed by atoms with van der Waals surface area (Å²) in [7, 11) is 0. The average molecular weight is 505 g/mol. The number of aliphatic imine (C=N–C) groups is 1. The second kappa shape index (κ2) is 10.6. The molecule has 0 unspecified atom stereocenters. The van der Waals surface area contributed by atoms with Crippen LogP contribution < -0.4 is 15.4 Å². The van der Waals surface area contributed by atoms with Crippen molar-refractivity contribution in [3.05, 3.63) is 52.4 Å². The highest BCUT2D eigenvalue weighted by Crippen LogP contribution is 2.38. The number of fused-ring (bicyclic) bond motifs is 1. The highest BCUT2D eigenvalue weighted by Gasteiger charge is 2.28. The molecule has 37 heavy (non-hydrogen) atoms. The van der Waals surface area contributed by atoms with Gasteiger partial charge in [0.2, 0.25) is 0 Å². The summed E-state index contributed by atoms with van der Waals surface area (Å²) in [5.74, 6) is 2.38. The Kier molecular flexibility index (Phi) is 6.89. The van der Waals surface area contributed by atoms with E-state index in [9.17, 15) is 0 Å². The molecule has 8 nitrogen and oxygen atoms in total. The highest BCUT2D eigenvalue weighted by molar-refractivity contribution is 6.05. The van der Waals surface area contributed by atoms with Gasteiger partial charge in [-0.3, -0.25) is 9.89 Å². The van der Waals surface area contributed by atoms with Gasteiger partial charge in [0.1, 0.15) is 17.5 Å². The quantitative estimate of drug-likeness (QED) is 0.481. The Hall–Kier alpha value is -3.30. The van der Waals surface area contributed by atoms with Crippen molar-refractivity contribution in [3.63, 3.8) is 0 Å². The van der Waals surface area contributed by atoms with E-state index in [1.165, 1.54) is 18.4 Å². The molecule has 6 rings (SSSR count). The van der Waals surface area contributed by atoms with Gasteiger partial charge >= 0.3 is 6.01 Å². The monoisotopic (exact) mass is 504 g/mol. The first-order valence-electron chi connectivity index (χ1n) is 13.2. The van der Waals surface area contributed by atoms with Crippen LogP contribution >= 0.6 is 0 Å². The van der Waals surface area contributed by atoms with Gasteiger partial charge in [0.15, 0.2) is 11.6 Å². The zero-order valence-corrected chi connectivity index (χ0v) is 21.2. The first-order chi connectivity index (χ1) is 18.1. The molecule has 1 saturated heterocycles. The second-order valence-electron chi connectivity index (χ2n) is 10.2. The zero-order chi connectivity index (χ0) is 25.2. The van der Waals surface area contributed by atoms with Gasteiger partial charge in [-0.15, -0.1) is 0 Å². The molecule has 2 aliphatic carbocycles. The number of ether oxygens (including phenoxy) is 2. The minimum Gasteiger partial charge on any atom is -0.421 e. The summed E-state index contributed by atoms with van der Waals surface area (Å²) in [4.78, 5) is 16.1. The van der Waals surface area contributed by atoms with E-state index in [0.717, 1.165) is 75.8 Å². The van der Waals surface area contributed by atoms with E-state index in [0.29, 0.717) is 23.1 Å². The average Bonchev–Trinajstić information content (AvgIpc) is 3.52. The van der Waals surface area contributed by atoms with Crippen LogP contribution in [0.3, 0.4) is 0 Å². The van der Waals surface area contributed by atoms with Crippen molar-refractivity contribution in [2.24, 2.45) is 10.9 Å². The number of hydrogen-bond acceptors (Lipinski definition) is 8. The second-order valence-corrected chi connectivity index (χ2v) is 10.2. The van der Waals surface area contributed by atoms with Crippen LogP contribution in [0.5, 0.6) is 11.8 Å². The normalized spacial score (nSPS) is 19.2. The van der Waals surface area contributed by atoms with Crippen molar-refractivity contribution in [2.75, 3.05) is 56.6 Å². The number of halogens is 1. The van der Waals surface area contributed by atoms with E-state index < -0.39 is 0 Å². The van der Waals surface area contributed by atoms with Crippen molar-refractivity contribution < 1.29 is 13.9 Å². The van der Waals surface area contributed by atoms with Gasteiger partial charge in [0.05, 0.1) is 19.8 Å². The number of amidine groups is 1. The Morgan fingerprint density at radius 3 is 2.81 bits per heavy atom. The van der Waals surface area contributed by atoms with Crippen LogP contribution in [0.4, 0.5) is 16.0 Å². The number of morpholine rings is 1. The summed E-state index contributed by atoms with van der Waals surface area (Å²) in [6, 6.07) is 5.50. The largest absolute Gasteiger partial charge is 0.421 e. The Labute approximate surface area is 216 Å². The van der Waals surface area contributed by atoms with Gasteiger partial charge in [0, 0.05) is 31.3 Å². The molecule has 0 radical (unpaired) electrons. The van der Waals surface area contributed by atoms with Crippen molar-refractivity contribution >= 4 is 23.5 Å². The Morgan fingerprint density at radius 1 is 1.14 bits per heavy atom. The van der Waals surface area contributed by atoms with E-state index in [1.807, 2.05) is 25.1 Å². The molecule has 0 bridgehead atoms. The lowest BCUT2D eigenvalue weighted by molar-refractivity contribution is 0.0378. The van der Waals surface area contributed by atoms with Crippen molar-refractivity contribution in [1.82, 2.24) is 14.9 Å². The maximum absolute atomic E-state index is 15.2. The van der Waals surface area contributed by atoms with Crippen LogP contribution in [-0.4, -0.2) is 66.6 Å². The summed E-state index contributed by atoms with van der Waals surface area (Å²) in [6.07, 6.45) is 8.22. The number of allylic oxidation sites excluding steroid dienone is 1. The summed E-state index contributed by atoms with van der Waals surface area (Å²) in [5, 5.41) is 6.69. The molecule has 9 heteroatoms. The number of hydrogen-bond donors (Lipinski definition) is 2. The maximum Gasteiger partial charge on any atom is 0.326 e. The molecule has 4 aliphatic rings. The van der Waals surface area contributed by atoms with Gasteiger partial charge in [-0.1, -0.05) is 17.7 Å². The molecule has 0 atom stereocenters. The third-order valence-corrected chi connectivity index (χ3v) is 7.17. The molecule has 1 saturated carbocycles. The molecular formula is C28H33FN6O2. The van der Waals surface area contributed by atoms with Crippen LogP contribution in [0, 0.1) is 11.7 Å². The first-order valence-corrected chi connectivity index (χ1v) is 13.2. The lowest BCUT2D eigenvalue weighted by atomic mass is 10.1. The van der Waals surface area contributed by atoms with E-state index in [2.05, 4.69) is 36.6 Å². The maximum atomic E-state index is 15.2. The predicted octanol–water partition coefficient (Wildman–Crippen LogP) is 4.66. The molecule has 2 fully saturated rings. The molecular weight excluding hydrogens is 471 g/mol. The molecule has 194 valence electrons. The summed E-state index contributed by atoms with van der Waals surface area (Å²) in [5.41, 5.74) is 4.06. The predicted molar refractivity (Wildman–Crippen MR) is 143 cm³/mol. The topological polar surface area (TPSA) is 83.9 Å². The minimum absolute atomic E-state index is 0.0863. The van der Waals surface area contributed by atoms with Crippen molar-refractivity contribution in [2.45, 2.75) is 32.6 Å². The molecule has 3 heterocycles. The van der Waals surface area contributed by atoms with Crippen LogP contribution in [0.1, 0.15) is 37.3 Å². The fraction of sp³-hybridized carbons (Fsp3) is 0.464. The third-order valence-electron chi connectivity index (χ3n) is 7.17. The van der Waals surface area contributed by atoms with Crippen LogP contribution in [-0.2, 0) is 11.2 Å². The van der Waals surface area contributed by atoms with Gasteiger partial charge in [-0.05, 0) is 68.3 Å². The summed E-state index contributed by atoms with van der Waals surface area (Å²) < 4.78 is 26.5. The third kappa shape index (κ3) is 5.83. The number of benzene rings is 1. The number of nitrogens with zero attached hydrogens (tertiary/aromatic N) is 4. The van der Waals surface area contributed by atoms with E-state index >= 15 is 4.39 Å². The highest BCUT2D eigenvalue weighted by atomic mass is 19.1. The molecule has 2 aliphatic heterocycles. The Morgan fingerprint density at radius 2 is 1.97 bits per heavy atom. The summed E-state index contributed by atoms with van der Waals surface area (Å²) >= 11 is 0. The molecule has 0 amide bonds. The van der Waals surface area contributed by atoms with Crippen molar-refractivity contribution in [1.29, 1.82) is 0 Å². The number of nitrogens with one attached hydrogen (secondary N) is 2. The van der Waals surface area contributed by atoms with Crippen LogP contribution in [0.2, 0.25) is 0 Å². The number of aromatic nitrogens is 2. The lowest BCUT2D eigenvalue weighted by Gasteiger charge is -2.26. The standard InChI is InChI=1S/C28H33FN6O2/c1-18-13-20-5-6-23(27(29)22(20)14-18)37-28-33-25(30-7-2-8-35-9-11-36-12-10-35)16-26(34-28)32-24-15-21(17-31-24)19-3-4-19/h5-6,14-16,19H,2-4,7-13,17H2,1H3,(H2,30,31,32,33,34). The summed E-state index contributed by atoms with van der Waals surface area (Å²) in [6.45, 7) is 8.02. The van der Waals surface area contributed by atoms with Crippen molar-refractivity contribution in [3.8, 4) is 11.8 Å². The fourth-order valence-corrected chi connectivity index (χ4v) is 5.02. The SMILES string of the molecule is CC1=Cc2c(ccc(Oc3nc(NCCCN4CCOCC4)cc(NC4=NCC(C5CC5)=C4)n3)c2F)C1. The molecule has 2 aromatic rings. The number of anilines is 2. The van der Waals surface area contributed by atoms with Gasteiger partial charge in [-0.2, -0.15) is 9.97 Å². The molecule has 1 aromatic heterocycles. The number of rotatable bonds is 9. The van der Waals surface area contributed by atoms with Gasteiger partial charge < -0.3 is 20.1 Å². The fourth-order valence-electron chi connectivity index (χ4n) is 5.02. The zero-order valence-electron chi connectivity index (χ0n) is 21.2. The minimum atomic E-state index is -0.381. The first kappa shape index (κ1) is 24.1. The van der Waals surface area contributed by atoms with Crippen LogP contribution in [0.25, 0.3) is 6.08 Å². The van der Waals surface area contributed by atoms with E-state index in [4.69, 9.17) is 9.47 Å². The Bertz CT molecular complexity index is 1260. The molecule has 2 N–H and O–H groups in total. The van der Waals surface area contributed by atoms with Gasteiger partial charge in [-0.25, -0.2) is 4.39 Å². The molecule has 1 aromatic carbocycles. The van der Waals surface area contributed by atoms with Gasteiger partial charge in [0.25, 0.3) is 0 Å².